The van der Waals surface area contributed by atoms with Crippen LogP contribution in [0.4, 0.5) is 0 Å². The normalized spacial score (nSPS) is 10.4. The molecule has 2 rings (SSSR count). The van der Waals surface area contributed by atoms with Gasteiger partial charge in [-0.15, -0.1) is 0 Å². The first-order valence-corrected chi connectivity index (χ1v) is 7.01. The third-order valence-electron chi connectivity index (χ3n) is 3.00. The van der Waals surface area contributed by atoms with Crippen LogP contribution in [0.5, 0.6) is 11.5 Å². The molecular weight excluding hydrogens is 266 g/mol. The Morgan fingerprint density at radius 2 is 1.95 bits per heavy atom. The molecule has 0 radical (unpaired) electrons. The number of hydrogen-bond donors (Lipinski definition) is 1. The summed E-state index contributed by atoms with van der Waals surface area (Å²) in [5.74, 6) is 1.53. The Balaban J connectivity index is 1.92. The molecule has 0 aliphatic heterocycles. The SMILES string of the molecule is CCOc1ccc(CNCc2cnc(C)cn2)cc1OC. The third-order valence-corrected chi connectivity index (χ3v) is 3.00. The fourth-order valence-corrected chi connectivity index (χ4v) is 1.94. The first kappa shape index (κ1) is 15.3. The van der Waals surface area contributed by atoms with Crippen LogP contribution in [0.1, 0.15) is 23.9 Å². The Kier molecular flexibility index (Phi) is 5.51. The summed E-state index contributed by atoms with van der Waals surface area (Å²) in [5.41, 5.74) is 2.99. The van der Waals surface area contributed by atoms with E-state index in [9.17, 15) is 0 Å². The number of rotatable bonds is 7. The number of hydrogen-bond acceptors (Lipinski definition) is 5. The highest BCUT2D eigenvalue weighted by atomic mass is 16.5. The fraction of sp³-hybridized carbons (Fsp3) is 0.375. The van der Waals surface area contributed by atoms with Crippen molar-refractivity contribution in [1.29, 1.82) is 0 Å². The molecule has 21 heavy (non-hydrogen) atoms. The van der Waals surface area contributed by atoms with Gasteiger partial charge >= 0.3 is 0 Å². The van der Waals surface area contributed by atoms with Crippen molar-refractivity contribution in [3.05, 3.63) is 47.5 Å². The van der Waals surface area contributed by atoms with Crippen LogP contribution in [-0.4, -0.2) is 23.7 Å². The van der Waals surface area contributed by atoms with Crippen LogP contribution in [0.3, 0.4) is 0 Å². The summed E-state index contributed by atoms with van der Waals surface area (Å²) in [6, 6.07) is 5.95. The molecule has 0 bridgehead atoms. The number of benzene rings is 1. The molecule has 0 spiro atoms. The molecule has 5 nitrogen and oxygen atoms in total. The van der Waals surface area contributed by atoms with Gasteiger partial charge in [-0.3, -0.25) is 9.97 Å². The van der Waals surface area contributed by atoms with Gasteiger partial charge in [0.2, 0.25) is 0 Å². The number of nitrogens with one attached hydrogen (secondary N) is 1. The molecule has 0 saturated carbocycles. The molecule has 0 aliphatic rings. The second kappa shape index (κ2) is 7.59. The van der Waals surface area contributed by atoms with Crippen molar-refractivity contribution in [1.82, 2.24) is 15.3 Å². The minimum atomic E-state index is 0.625. The van der Waals surface area contributed by atoms with Crippen molar-refractivity contribution in [2.75, 3.05) is 13.7 Å². The van der Waals surface area contributed by atoms with Gasteiger partial charge < -0.3 is 14.8 Å². The van der Waals surface area contributed by atoms with Crippen LogP contribution in [-0.2, 0) is 13.1 Å². The Labute approximate surface area is 125 Å². The summed E-state index contributed by atoms with van der Waals surface area (Å²) in [6.07, 6.45) is 3.57. The zero-order valence-electron chi connectivity index (χ0n) is 12.7. The second-order valence-electron chi connectivity index (χ2n) is 4.67. The lowest BCUT2D eigenvalue weighted by Crippen LogP contribution is -2.14. The predicted octanol–water partition coefficient (Wildman–Crippen LogP) is 2.48. The van der Waals surface area contributed by atoms with E-state index in [0.29, 0.717) is 13.2 Å². The van der Waals surface area contributed by atoms with Crippen LogP contribution in [0, 0.1) is 6.92 Å². The highest BCUT2D eigenvalue weighted by Crippen LogP contribution is 2.27. The lowest BCUT2D eigenvalue weighted by Gasteiger charge is -2.11. The van der Waals surface area contributed by atoms with Gasteiger partial charge in [-0.1, -0.05) is 6.07 Å². The molecule has 5 heteroatoms. The molecule has 0 saturated heterocycles. The first-order valence-electron chi connectivity index (χ1n) is 7.01. The van der Waals surface area contributed by atoms with E-state index >= 15 is 0 Å². The van der Waals surface area contributed by atoms with Crippen LogP contribution in [0.15, 0.2) is 30.6 Å². The van der Waals surface area contributed by atoms with E-state index in [1.165, 1.54) is 0 Å². The van der Waals surface area contributed by atoms with E-state index in [-0.39, 0.29) is 0 Å². The molecule has 1 heterocycles. The van der Waals surface area contributed by atoms with Gasteiger partial charge in [0.1, 0.15) is 0 Å². The molecule has 0 amide bonds. The molecule has 0 unspecified atom stereocenters. The van der Waals surface area contributed by atoms with Crippen LogP contribution < -0.4 is 14.8 Å². The highest BCUT2D eigenvalue weighted by Gasteiger charge is 2.05. The summed E-state index contributed by atoms with van der Waals surface area (Å²) in [7, 11) is 1.65. The van der Waals surface area contributed by atoms with E-state index < -0.39 is 0 Å². The first-order chi connectivity index (χ1) is 10.2. The van der Waals surface area contributed by atoms with E-state index in [1.807, 2.05) is 32.0 Å². The monoisotopic (exact) mass is 287 g/mol. The number of nitrogens with zero attached hydrogens (tertiary/aromatic N) is 2. The van der Waals surface area contributed by atoms with Crippen molar-refractivity contribution < 1.29 is 9.47 Å². The topological polar surface area (TPSA) is 56.3 Å². The van der Waals surface area contributed by atoms with Gasteiger partial charge in [0, 0.05) is 25.5 Å². The van der Waals surface area contributed by atoms with Crippen LogP contribution in [0.2, 0.25) is 0 Å². The molecule has 1 aromatic carbocycles. The number of aryl methyl sites for hydroxylation is 1. The quantitative estimate of drug-likeness (QED) is 0.848. The lowest BCUT2D eigenvalue weighted by atomic mass is 10.2. The summed E-state index contributed by atoms with van der Waals surface area (Å²) in [6.45, 7) is 5.93. The average molecular weight is 287 g/mol. The molecule has 0 atom stereocenters. The summed E-state index contributed by atoms with van der Waals surface area (Å²) < 4.78 is 10.8. The van der Waals surface area contributed by atoms with E-state index in [1.54, 1.807) is 19.5 Å². The molecule has 1 aromatic heterocycles. The zero-order chi connectivity index (χ0) is 15.1. The number of aromatic nitrogens is 2. The molecule has 0 aliphatic carbocycles. The predicted molar refractivity (Wildman–Crippen MR) is 81.5 cm³/mol. The summed E-state index contributed by atoms with van der Waals surface area (Å²) >= 11 is 0. The standard InChI is InChI=1S/C16H21N3O2/c1-4-21-15-6-5-13(7-16(15)20-3)9-17-10-14-11-18-12(2)8-19-14/h5-8,11,17H,4,9-10H2,1-3H3. The Morgan fingerprint density at radius 1 is 1.10 bits per heavy atom. The smallest absolute Gasteiger partial charge is 0.161 e. The van der Waals surface area contributed by atoms with Gasteiger partial charge in [-0.25, -0.2) is 0 Å². The Bertz CT molecular complexity index is 570. The van der Waals surface area contributed by atoms with E-state index in [0.717, 1.165) is 35.0 Å². The van der Waals surface area contributed by atoms with Crippen molar-refractivity contribution in [2.45, 2.75) is 26.9 Å². The van der Waals surface area contributed by atoms with Gasteiger partial charge in [-0.05, 0) is 31.5 Å². The van der Waals surface area contributed by atoms with Crippen molar-refractivity contribution >= 4 is 0 Å². The van der Waals surface area contributed by atoms with Gasteiger partial charge in [0.25, 0.3) is 0 Å². The summed E-state index contributed by atoms with van der Waals surface area (Å²) in [5, 5.41) is 3.34. The maximum Gasteiger partial charge on any atom is 0.161 e. The van der Waals surface area contributed by atoms with Crippen LogP contribution >= 0.6 is 0 Å². The molecule has 2 aromatic rings. The van der Waals surface area contributed by atoms with Crippen molar-refractivity contribution in [3.8, 4) is 11.5 Å². The fourth-order valence-electron chi connectivity index (χ4n) is 1.94. The van der Waals surface area contributed by atoms with Gasteiger partial charge in [0.05, 0.1) is 25.1 Å². The van der Waals surface area contributed by atoms with Crippen molar-refractivity contribution in [2.24, 2.45) is 0 Å². The van der Waals surface area contributed by atoms with Gasteiger partial charge in [-0.2, -0.15) is 0 Å². The zero-order valence-corrected chi connectivity index (χ0v) is 12.7. The minimum Gasteiger partial charge on any atom is -0.493 e. The van der Waals surface area contributed by atoms with E-state index in [2.05, 4.69) is 15.3 Å². The van der Waals surface area contributed by atoms with Crippen molar-refractivity contribution in [3.63, 3.8) is 0 Å². The van der Waals surface area contributed by atoms with E-state index in [4.69, 9.17) is 9.47 Å². The molecule has 112 valence electrons. The van der Waals surface area contributed by atoms with Gasteiger partial charge in [0.15, 0.2) is 11.5 Å². The largest absolute Gasteiger partial charge is 0.493 e. The minimum absolute atomic E-state index is 0.625. The maximum atomic E-state index is 5.50. The highest BCUT2D eigenvalue weighted by molar-refractivity contribution is 5.42. The third kappa shape index (κ3) is 4.43. The molecule has 0 fully saturated rings. The Hall–Kier alpha value is -2.14. The Morgan fingerprint density at radius 3 is 2.62 bits per heavy atom. The second-order valence-corrected chi connectivity index (χ2v) is 4.67. The lowest BCUT2D eigenvalue weighted by molar-refractivity contribution is 0.310. The van der Waals surface area contributed by atoms with Crippen LogP contribution in [0.25, 0.3) is 0 Å². The molecular formula is C16H21N3O2. The maximum absolute atomic E-state index is 5.50. The molecule has 1 N–H and O–H groups in total. The number of ether oxygens (including phenoxy) is 2. The average Bonchev–Trinajstić information content (AvgIpc) is 2.51. The summed E-state index contributed by atoms with van der Waals surface area (Å²) in [4.78, 5) is 8.54. The number of methoxy groups -OCH3 is 1.